The highest BCUT2D eigenvalue weighted by atomic mass is 35.5. The molecule has 2 rings (SSSR count). The Kier molecular flexibility index (Phi) is 6.13. The van der Waals surface area contributed by atoms with Gasteiger partial charge in [-0.3, -0.25) is 4.72 Å². The summed E-state index contributed by atoms with van der Waals surface area (Å²) in [5.74, 6) is 0. The lowest BCUT2D eigenvalue weighted by atomic mass is 10.2. The SMILES string of the molecule is CCc1ccc(S(=O)(=O)Nc2ccc(Cl)c(N(CC)CC)c2)cc1. The predicted molar refractivity (Wildman–Crippen MR) is 102 cm³/mol. The Bertz CT molecular complexity index is 785. The van der Waals surface area contributed by atoms with Gasteiger partial charge in [0.1, 0.15) is 0 Å². The smallest absolute Gasteiger partial charge is 0.261 e. The van der Waals surface area contributed by atoms with E-state index in [0.717, 1.165) is 30.8 Å². The minimum atomic E-state index is -3.62. The first-order valence-electron chi connectivity index (χ1n) is 8.07. The van der Waals surface area contributed by atoms with E-state index < -0.39 is 10.0 Å². The molecule has 0 spiro atoms. The van der Waals surface area contributed by atoms with Gasteiger partial charge >= 0.3 is 0 Å². The second-order valence-corrected chi connectivity index (χ2v) is 7.53. The summed E-state index contributed by atoms with van der Waals surface area (Å²) < 4.78 is 27.7. The topological polar surface area (TPSA) is 49.4 Å². The molecule has 4 nitrogen and oxygen atoms in total. The van der Waals surface area contributed by atoms with Crippen LogP contribution in [0.15, 0.2) is 47.4 Å². The maximum atomic E-state index is 12.5. The van der Waals surface area contributed by atoms with Crippen molar-refractivity contribution in [1.82, 2.24) is 0 Å². The fourth-order valence-corrected chi connectivity index (χ4v) is 3.79. The third kappa shape index (κ3) is 4.22. The van der Waals surface area contributed by atoms with E-state index in [1.807, 2.05) is 32.9 Å². The van der Waals surface area contributed by atoms with Crippen molar-refractivity contribution in [3.63, 3.8) is 0 Å². The number of anilines is 2. The quantitative estimate of drug-likeness (QED) is 0.782. The summed E-state index contributed by atoms with van der Waals surface area (Å²) in [6.45, 7) is 7.69. The molecule has 6 heteroatoms. The summed E-state index contributed by atoms with van der Waals surface area (Å²) in [5.41, 5.74) is 2.42. The number of rotatable bonds is 7. The summed E-state index contributed by atoms with van der Waals surface area (Å²) >= 11 is 6.25. The highest BCUT2D eigenvalue weighted by Crippen LogP contribution is 2.30. The molecule has 0 radical (unpaired) electrons. The molecule has 24 heavy (non-hydrogen) atoms. The van der Waals surface area contributed by atoms with Crippen molar-refractivity contribution in [3.8, 4) is 0 Å². The number of hydrogen-bond acceptors (Lipinski definition) is 3. The van der Waals surface area contributed by atoms with Crippen molar-refractivity contribution in [2.75, 3.05) is 22.7 Å². The number of benzene rings is 2. The van der Waals surface area contributed by atoms with E-state index in [0.29, 0.717) is 10.7 Å². The van der Waals surface area contributed by atoms with Crippen molar-refractivity contribution >= 4 is 33.0 Å². The number of hydrogen-bond donors (Lipinski definition) is 1. The van der Waals surface area contributed by atoms with Crippen LogP contribution in [0, 0.1) is 0 Å². The van der Waals surface area contributed by atoms with E-state index in [2.05, 4.69) is 9.62 Å². The van der Waals surface area contributed by atoms with E-state index in [1.54, 1.807) is 30.3 Å². The third-order valence-electron chi connectivity index (χ3n) is 3.94. The second kappa shape index (κ2) is 7.90. The van der Waals surface area contributed by atoms with Gasteiger partial charge in [0, 0.05) is 13.1 Å². The molecule has 130 valence electrons. The van der Waals surface area contributed by atoms with Gasteiger partial charge in [0.25, 0.3) is 10.0 Å². The van der Waals surface area contributed by atoms with Gasteiger partial charge < -0.3 is 4.90 Å². The van der Waals surface area contributed by atoms with Crippen LogP contribution in [0.3, 0.4) is 0 Å². The number of aryl methyl sites for hydroxylation is 1. The zero-order valence-electron chi connectivity index (χ0n) is 14.2. The van der Waals surface area contributed by atoms with Crippen molar-refractivity contribution in [2.45, 2.75) is 32.1 Å². The standard InChI is InChI=1S/C18H23ClN2O2S/c1-4-14-7-10-16(11-8-14)24(22,23)20-15-9-12-17(19)18(13-15)21(5-2)6-3/h7-13,20H,4-6H2,1-3H3. The zero-order valence-corrected chi connectivity index (χ0v) is 15.8. The van der Waals surface area contributed by atoms with E-state index in [4.69, 9.17) is 11.6 Å². The molecule has 2 aromatic carbocycles. The third-order valence-corrected chi connectivity index (χ3v) is 5.66. The van der Waals surface area contributed by atoms with E-state index in [1.165, 1.54) is 0 Å². The maximum Gasteiger partial charge on any atom is 0.261 e. The van der Waals surface area contributed by atoms with Crippen LogP contribution in [-0.2, 0) is 16.4 Å². The summed E-state index contributed by atoms with van der Waals surface area (Å²) in [4.78, 5) is 2.33. The molecule has 0 saturated carbocycles. The monoisotopic (exact) mass is 366 g/mol. The summed E-state index contributed by atoms with van der Waals surface area (Å²) in [7, 11) is -3.62. The molecule has 0 aromatic heterocycles. The highest BCUT2D eigenvalue weighted by molar-refractivity contribution is 7.92. The molecule has 0 saturated heterocycles. The highest BCUT2D eigenvalue weighted by Gasteiger charge is 2.16. The van der Waals surface area contributed by atoms with Crippen LogP contribution in [0.5, 0.6) is 0 Å². The molecule has 0 fully saturated rings. The van der Waals surface area contributed by atoms with E-state index in [9.17, 15) is 8.42 Å². The molecule has 0 aliphatic rings. The van der Waals surface area contributed by atoms with Crippen molar-refractivity contribution in [2.24, 2.45) is 0 Å². The van der Waals surface area contributed by atoms with Gasteiger partial charge in [-0.1, -0.05) is 30.7 Å². The van der Waals surface area contributed by atoms with Crippen LogP contribution in [0.25, 0.3) is 0 Å². The Balaban J connectivity index is 2.30. The number of sulfonamides is 1. The summed E-state index contributed by atoms with van der Waals surface area (Å²) in [6, 6.07) is 12.1. The Morgan fingerprint density at radius 3 is 2.17 bits per heavy atom. The first-order valence-corrected chi connectivity index (χ1v) is 9.93. The van der Waals surface area contributed by atoms with Crippen LogP contribution < -0.4 is 9.62 Å². The van der Waals surface area contributed by atoms with Gasteiger partial charge in [0.2, 0.25) is 0 Å². The average Bonchev–Trinajstić information content (AvgIpc) is 2.58. The van der Waals surface area contributed by atoms with Crippen LogP contribution in [0.4, 0.5) is 11.4 Å². The second-order valence-electron chi connectivity index (χ2n) is 5.44. The molecular formula is C18H23ClN2O2S. The fraction of sp³-hybridized carbons (Fsp3) is 0.333. The Labute approximate surface area is 149 Å². The van der Waals surface area contributed by atoms with Crippen LogP contribution in [-0.4, -0.2) is 21.5 Å². The van der Waals surface area contributed by atoms with Gasteiger partial charge in [0.15, 0.2) is 0 Å². The molecule has 1 N–H and O–H groups in total. The molecule has 0 aliphatic carbocycles. The van der Waals surface area contributed by atoms with Gasteiger partial charge in [-0.05, 0) is 56.2 Å². The molecule has 0 atom stereocenters. The lowest BCUT2D eigenvalue weighted by molar-refractivity contribution is 0.601. The van der Waals surface area contributed by atoms with E-state index in [-0.39, 0.29) is 4.90 Å². The molecule has 0 unspecified atom stereocenters. The Morgan fingerprint density at radius 1 is 1.00 bits per heavy atom. The summed E-state index contributed by atoms with van der Waals surface area (Å²) in [6.07, 6.45) is 0.873. The molecule has 0 bridgehead atoms. The Morgan fingerprint density at radius 2 is 1.62 bits per heavy atom. The maximum absolute atomic E-state index is 12.5. The molecular weight excluding hydrogens is 344 g/mol. The fourth-order valence-electron chi connectivity index (χ4n) is 2.50. The minimum Gasteiger partial charge on any atom is -0.371 e. The van der Waals surface area contributed by atoms with Crippen LogP contribution in [0.2, 0.25) is 5.02 Å². The lowest BCUT2D eigenvalue weighted by Crippen LogP contribution is -2.22. The molecule has 0 aliphatic heterocycles. The van der Waals surface area contributed by atoms with Crippen LogP contribution in [0.1, 0.15) is 26.3 Å². The van der Waals surface area contributed by atoms with Crippen molar-refractivity contribution < 1.29 is 8.42 Å². The Hall–Kier alpha value is -1.72. The lowest BCUT2D eigenvalue weighted by Gasteiger charge is -2.23. The van der Waals surface area contributed by atoms with Gasteiger partial charge in [-0.2, -0.15) is 0 Å². The van der Waals surface area contributed by atoms with Gasteiger partial charge in [-0.25, -0.2) is 8.42 Å². The molecule has 0 amide bonds. The molecule has 0 heterocycles. The normalized spacial score (nSPS) is 11.3. The number of nitrogens with zero attached hydrogens (tertiary/aromatic N) is 1. The van der Waals surface area contributed by atoms with Crippen LogP contribution >= 0.6 is 11.6 Å². The van der Waals surface area contributed by atoms with Gasteiger partial charge in [-0.15, -0.1) is 0 Å². The van der Waals surface area contributed by atoms with Crippen molar-refractivity contribution in [1.29, 1.82) is 0 Å². The largest absolute Gasteiger partial charge is 0.371 e. The predicted octanol–water partition coefficient (Wildman–Crippen LogP) is 4.55. The minimum absolute atomic E-state index is 0.249. The first-order chi connectivity index (χ1) is 11.4. The first kappa shape index (κ1) is 18.6. The number of nitrogens with one attached hydrogen (secondary N) is 1. The summed E-state index contributed by atoms with van der Waals surface area (Å²) in [5, 5.41) is 0.606. The van der Waals surface area contributed by atoms with Gasteiger partial charge in [0.05, 0.1) is 21.3 Å². The van der Waals surface area contributed by atoms with Crippen molar-refractivity contribution in [3.05, 3.63) is 53.1 Å². The number of halogens is 1. The average molecular weight is 367 g/mol. The zero-order chi connectivity index (χ0) is 17.7. The van der Waals surface area contributed by atoms with E-state index >= 15 is 0 Å². The molecule has 2 aromatic rings.